The van der Waals surface area contributed by atoms with Crippen molar-refractivity contribution in [3.05, 3.63) is 0 Å². The number of carbonyl (C=O) groups is 2. The van der Waals surface area contributed by atoms with E-state index in [1.54, 1.807) is 6.92 Å². The minimum Gasteiger partial charge on any atom is -0.480 e. The van der Waals surface area contributed by atoms with Crippen molar-refractivity contribution in [2.45, 2.75) is 46.6 Å². The molecule has 15 heavy (non-hydrogen) atoms. The Bertz CT molecular complexity index is 228. The minimum atomic E-state index is -0.957. The number of carbonyl (C=O) groups excluding carboxylic acids is 1. The topological polar surface area (TPSA) is 66.4 Å². The Morgan fingerprint density at radius 3 is 2.07 bits per heavy atom. The Morgan fingerprint density at radius 1 is 1.20 bits per heavy atom. The van der Waals surface area contributed by atoms with Crippen LogP contribution < -0.4 is 5.32 Å². The van der Waals surface area contributed by atoms with Crippen LogP contribution in [0.4, 0.5) is 0 Å². The molecule has 0 spiro atoms. The SMILES string of the molecule is CC[C@@H](C)[C@@H](NC(=O)[C@@H](C)CC)C(=O)O. The molecule has 88 valence electrons. The average molecular weight is 215 g/mol. The molecule has 3 atom stereocenters. The van der Waals surface area contributed by atoms with E-state index >= 15 is 0 Å². The molecule has 0 aliphatic carbocycles. The summed E-state index contributed by atoms with van der Waals surface area (Å²) in [5.74, 6) is -1.31. The van der Waals surface area contributed by atoms with Crippen molar-refractivity contribution in [3.63, 3.8) is 0 Å². The van der Waals surface area contributed by atoms with Gasteiger partial charge < -0.3 is 10.4 Å². The Hall–Kier alpha value is -1.06. The number of hydrogen-bond acceptors (Lipinski definition) is 2. The first-order valence-electron chi connectivity index (χ1n) is 5.47. The lowest BCUT2D eigenvalue weighted by molar-refractivity contribution is -0.143. The quantitative estimate of drug-likeness (QED) is 0.708. The predicted molar refractivity (Wildman–Crippen MR) is 58.5 cm³/mol. The van der Waals surface area contributed by atoms with Crippen molar-refractivity contribution >= 4 is 11.9 Å². The van der Waals surface area contributed by atoms with Crippen molar-refractivity contribution in [1.29, 1.82) is 0 Å². The molecule has 0 bridgehead atoms. The maximum Gasteiger partial charge on any atom is 0.326 e. The molecule has 0 saturated heterocycles. The monoisotopic (exact) mass is 215 g/mol. The zero-order valence-electron chi connectivity index (χ0n) is 9.91. The van der Waals surface area contributed by atoms with Gasteiger partial charge in [0.2, 0.25) is 5.91 Å². The van der Waals surface area contributed by atoms with Gasteiger partial charge in [0.15, 0.2) is 0 Å². The molecule has 0 fully saturated rings. The molecular weight excluding hydrogens is 194 g/mol. The van der Waals surface area contributed by atoms with Gasteiger partial charge in [0.25, 0.3) is 0 Å². The summed E-state index contributed by atoms with van der Waals surface area (Å²) >= 11 is 0. The molecule has 0 aromatic heterocycles. The Labute approximate surface area is 91.1 Å². The first kappa shape index (κ1) is 13.9. The molecule has 0 heterocycles. The molecular formula is C11H21NO3. The van der Waals surface area contributed by atoms with Gasteiger partial charge in [-0.15, -0.1) is 0 Å². The zero-order chi connectivity index (χ0) is 12.0. The number of amides is 1. The molecule has 0 radical (unpaired) electrons. The van der Waals surface area contributed by atoms with Gasteiger partial charge in [0.05, 0.1) is 0 Å². The van der Waals surface area contributed by atoms with Crippen LogP contribution in [-0.4, -0.2) is 23.0 Å². The van der Waals surface area contributed by atoms with E-state index in [0.717, 1.165) is 12.8 Å². The largest absolute Gasteiger partial charge is 0.480 e. The van der Waals surface area contributed by atoms with E-state index < -0.39 is 12.0 Å². The highest BCUT2D eigenvalue weighted by Gasteiger charge is 2.26. The lowest BCUT2D eigenvalue weighted by Crippen LogP contribution is -2.46. The van der Waals surface area contributed by atoms with Crippen LogP contribution in [0.5, 0.6) is 0 Å². The predicted octanol–water partition coefficient (Wildman–Crippen LogP) is 1.65. The van der Waals surface area contributed by atoms with Crippen LogP contribution in [0.3, 0.4) is 0 Å². The molecule has 0 unspecified atom stereocenters. The third-order valence-electron chi connectivity index (χ3n) is 2.84. The first-order valence-corrected chi connectivity index (χ1v) is 5.47. The number of carboxylic acid groups (broad SMARTS) is 1. The molecule has 4 heteroatoms. The van der Waals surface area contributed by atoms with Crippen molar-refractivity contribution < 1.29 is 14.7 Å². The van der Waals surface area contributed by atoms with Gasteiger partial charge in [0.1, 0.15) is 6.04 Å². The molecule has 0 rings (SSSR count). The minimum absolute atomic E-state index is 0.0458. The van der Waals surface area contributed by atoms with E-state index in [1.807, 2.05) is 20.8 Å². The first-order chi connectivity index (χ1) is 6.93. The van der Waals surface area contributed by atoms with Crippen LogP contribution in [0, 0.1) is 11.8 Å². The summed E-state index contributed by atoms with van der Waals surface area (Å²) in [6.45, 7) is 7.44. The number of hydrogen-bond donors (Lipinski definition) is 2. The summed E-state index contributed by atoms with van der Waals surface area (Å²) in [5, 5.41) is 11.5. The van der Waals surface area contributed by atoms with Gasteiger partial charge in [0, 0.05) is 5.92 Å². The summed E-state index contributed by atoms with van der Waals surface area (Å²) in [5.41, 5.74) is 0. The second kappa shape index (κ2) is 6.43. The highest BCUT2D eigenvalue weighted by Crippen LogP contribution is 2.09. The summed E-state index contributed by atoms with van der Waals surface area (Å²) in [4.78, 5) is 22.5. The van der Waals surface area contributed by atoms with E-state index in [-0.39, 0.29) is 17.7 Å². The van der Waals surface area contributed by atoms with Crippen LogP contribution in [0.25, 0.3) is 0 Å². The number of carboxylic acids is 1. The Kier molecular flexibility index (Phi) is 5.97. The third kappa shape index (κ3) is 4.32. The molecule has 0 aliphatic rings. The summed E-state index contributed by atoms with van der Waals surface area (Å²) in [6.07, 6.45) is 1.45. The van der Waals surface area contributed by atoms with Crippen LogP contribution >= 0.6 is 0 Å². The summed E-state index contributed by atoms with van der Waals surface area (Å²) < 4.78 is 0. The highest BCUT2D eigenvalue weighted by atomic mass is 16.4. The fourth-order valence-corrected chi connectivity index (χ4v) is 1.16. The number of rotatable bonds is 6. The molecule has 2 N–H and O–H groups in total. The summed E-state index contributed by atoms with van der Waals surface area (Å²) in [6, 6.07) is -0.767. The lowest BCUT2D eigenvalue weighted by atomic mass is 9.98. The van der Waals surface area contributed by atoms with Crippen LogP contribution in [0.2, 0.25) is 0 Å². The van der Waals surface area contributed by atoms with Crippen molar-refractivity contribution in [2.24, 2.45) is 11.8 Å². The number of aliphatic carboxylic acids is 1. The Morgan fingerprint density at radius 2 is 1.73 bits per heavy atom. The van der Waals surface area contributed by atoms with Gasteiger partial charge in [-0.3, -0.25) is 4.79 Å². The molecule has 0 aliphatic heterocycles. The second-order valence-electron chi connectivity index (χ2n) is 4.02. The van der Waals surface area contributed by atoms with E-state index in [1.165, 1.54) is 0 Å². The maximum atomic E-state index is 11.5. The van der Waals surface area contributed by atoms with Crippen LogP contribution in [-0.2, 0) is 9.59 Å². The Balaban J connectivity index is 4.42. The van der Waals surface area contributed by atoms with Crippen molar-refractivity contribution in [3.8, 4) is 0 Å². The molecule has 0 aromatic rings. The van der Waals surface area contributed by atoms with Gasteiger partial charge in [-0.1, -0.05) is 34.1 Å². The second-order valence-corrected chi connectivity index (χ2v) is 4.02. The lowest BCUT2D eigenvalue weighted by Gasteiger charge is -2.21. The van der Waals surface area contributed by atoms with E-state index in [4.69, 9.17) is 5.11 Å². The molecule has 0 aromatic carbocycles. The highest BCUT2D eigenvalue weighted by molar-refractivity contribution is 5.84. The van der Waals surface area contributed by atoms with Crippen LogP contribution in [0.15, 0.2) is 0 Å². The maximum absolute atomic E-state index is 11.5. The fraction of sp³-hybridized carbons (Fsp3) is 0.818. The normalized spacial score (nSPS) is 16.5. The summed E-state index contributed by atoms with van der Waals surface area (Å²) in [7, 11) is 0. The number of nitrogens with one attached hydrogen (secondary N) is 1. The fourth-order valence-electron chi connectivity index (χ4n) is 1.16. The van der Waals surface area contributed by atoms with Crippen LogP contribution in [0.1, 0.15) is 40.5 Å². The van der Waals surface area contributed by atoms with E-state index in [0.29, 0.717) is 0 Å². The molecule has 0 saturated carbocycles. The zero-order valence-corrected chi connectivity index (χ0v) is 9.91. The van der Waals surface area contributed by atoms with Gasteiger partial charge >= 0.3 is 5.97 Å². The van der Waals surface area contributed by atoms with Gasteiger partial charge in [-0.25, -0.2) is 4.79 Å². The van der Waals surface area contributed by atoms with Gasteiger partial charge in [-0.2, -0.15) is 0 Å². The van der Waals surface area contributed by atoms with E-state index in [2.05, 4.69) is 5.32 Å². The average Bonchev–Trinajstić information content (AvgIpc) is 2.22. The third-order valence-corrected chi connectivity index (χ3v) is 2.84. The standard InChI is InChI=1S/C11H21NO3/c1-5-7(3)9(11(14)15)12-10(13)8(4)6-2/h7-9H,5-6H2,1-4H3,(H,12,13)(H,14,15)/t7-,8+,9-/m1/s1. The smallest absolute Gasteiger partial charge is 0.326 e. The van der Waals surface area contributed by atoms with E-state index in [9.17, 15) is 9.59 Å². The molecule has 1 amide bonds. The van der Waals surface area contributed by atoms with Gasteiger partial charge in [-0.05, 0) is 12.3 Å². The van der Waals surface area contributed by atoms with Crippen molar-refractivity contribution in [1.82, 2.24) is 5.32 Å². The molecule has 4 nitrogen and oxygen atoms in total. The van der Waals surface area contributed by atoms with Crippen molar-refractivity contribution in [2.75, 3.05) is 0 Å².